The lowest BCUT2D eigenvalue weighted by Crippen LogP contribution is -2.55. The molecule has 0 aliphatic heterocycles. The average molecular weight is 746 g/mol. The number of nitrogens with one attached hydrogen (secondary N) is 4. The summed E-state index contributed by atoms with van der Waals surface area (Å²) < 4.78 is 25.7. The van der Waals surface area contributed by atoms with Crippen LogP contribution in [0.15, 0.2) is 42.9 Å². The molecule has 0 radical (unpaired) electrons. The van der Waals surface area contributed by atoms with Gasteiger partial charge in [-0.3, -0.25) is 14.4 Å². The molecule has 2 rings (SSSR count). The van der Waals surface area contributed by atoms with Crippen LogP contribution in [0.4, 0.5) is 0 Å². The second kappa shape index (κ2) is 22.7. The predicted molar refractivity (Wildman–Crippen MR) is 208 cm³/mol. The smallest absolute Gasteiger partial charge is 0.243 e. The van der Waals surface area contributed by atoms with Gasteiger partial charge in [-0.2, -0.15) is 0 Å². The summed E-state index contributed by atoms with van der Waals surface area (Å²) in [5, 5.41) is 20.6. The molecule has 0 spiro atoms. The van der Waals surface area contributed by atoms with E-state index in [-0.39, 0.29) is 36.8 Å². The molecule has 1 unspecified atom stereocenters. The number of aliphatic hydroxyl groups excluding tert-OH is 1. The number of nitrogens with zero attached hydrogens (tertiary/aromatic N) is 1. The number of imidazole rings is 1. The fourth-order valence-electron chi connectivity index (χ4n) is 6.17. The minimum absolute atomic E-state index is 0.0278. The van der Waals surface area contributed by atoms with Gasteiger partial charge in [0.1, 0.15) is 6.04 Å². The van der Waals surface area contributed by atoms with E-state index in [1.165, 1.54) is 6.33 Å². The Morgan fingerprint density at radius 1 is 0.865 bits per heavy atom. The largest absolute Gasteiger partial charge is 0.391 e. The lowest BCUT2D eigenvalue weighted by atomic mass is 9.86. The van der Waals surface area contributed by atoms with Gasteiger partial charge >= 0.3 is 0 Å². The average Bonchev–Trinajstić information content (AvgIpc) is 3.60. The van der Waals surface area contributed by atoms with E-state index in [9.17, 15) is 27.9 Å². The first-order valence-corrected chi connectivity index (χ1v) is 21.0. The standard InChI is InChI=1S/C40H67N5O6S/c1-8-10-12-13-14-18-21-34(36(46)25-33(29(3)4)38(48)42-22-11-9-2)44-39(49)35(24-32-26-41-28-43-32)45-37(47)31(23-30-19-16-15-17-20-30)27-52(50,51)40(5,6)7/h15-17,19-20,26,28-29,31,33-36,46H,8-14,18,21-25,27H2,1-7H3,(H,41,43)(H,42,48)(H,44,49)(H,45,47)/t31-,33?,34+,35+,36+/m1/s1. The summed E-state index contributed by atoms with van der Waals surface area (Å²) in [5.74, 6) is -2.96. The van der Waals surface area contributed by atoms with Crippen LogP contribution < -0.4 is 16.0 Å². The van der Waals surface area contributed by atoms with Crippen LogP contribution in [0.1, 0.15) is 124 Å². The van der Waals surface area contributed by atoms with E-state index in [2.05, 4.69) is 39.8 Å². The highest BCUT2D eigenvalue weighted by atomic mass is 32.2. The second-order valence-electron chi connectivity index (χ2n) is 15.6. The third kappa shape index (κ3) is 15.8. The van der Waals surface area contributed by atoms with Gasteiger partial charge in [-0.05, 0) is 57.9 Å². The summed E-state index contributed by atoms with van der Waals surface area (Å²) in [5.41, 5.74) is 1.42. The van der Waals surface area contributed by atoms with Crippen LogP contribution in [0.25, 0.3) is 0 Å². The van der Waals surface area contributed by atoms with Crippen LogP contribution in [0, 0.1) is 17.8 Å². The number of H-pyrrole nitrogens is 1. The number of aliphatic hydroxyl groups is 1. The molecule has 5 N–H and O–H groups in total. The summed E-state index contributed by atoms with van der Waals surface area (Å²) in [6.45, 7) is 13.6. The molecule has 1 heterocycles. The monoisotopic (exact) mass is 745 g/mol. The molecule has 3 amide bonds. The normalized spacial score (nSPS) is 15.0. The van der Waals surface area contributed by atoms with Crippen molar-refractivity contribution in [3.05, 3.63) is 54.1 Å². The van der Waals surface area contributed by atoms with Crippen LogP contribution >= 0.6 is 0 Å². The summed E-state index contributed by atoms with van der Waals surface area (Å²) >= 11 is 0. The fraction of sp³-hybridized carbons (Fsp3) is 0.700. The maximum atomic E-state index is 14.2. The zero-order chi connectivity index (χ0) is 38.7. The number of sulfone groups is 1. The van der Waals surface area contributed by atoms with E-state index in [1.54, 1.807) is 27.0 Å². The van der Waals surface area contributed by atoms with Crippen LogP contribution in [-0.2, 0) is 37.1 Å². The molecule has 0 aliphatic rings. The highest BCUT2D eigenvalue weighted by molar-refractivity contribution is 7.92. The maximum absolute atomic E-state index is 14.2. The molecule has 0 fully saturated rings. The van der Waals surface area contributed by atoms with Crippen molar-refractivity contribution >= 4 is 27.6 Å². The minimum atomic E-state index is -3.69. The summed E-state index contributed by atoms with van der Waals surface area (Å²) in [6, 6.07) is 7.49. The van der Waals surface area contributed by atoms with Gasteiger partial charge in [-0.25, -0.2) is 13.4 Å². The molecule has 52 heavy (non-hydrogen) atoms. The van der Waals surface area contributed by atoms with Crippen molar-refractivity contribution in [1.29, 1.82) is 0 Å². The zero-order valence-corrected chi connectivity index (χ0v) is 33.6. The van der Waals surface area contributed by atoms with Crippen molar-refractivity contribution in [2.24, 2.45) is 17.8 Å². The third-order valence-corrected chi connectivity index (χ3v) is 12.5. The minimum Gasteiger partial charge on any atom is -0.391 e. The van der Waals surface area contributed by atoms with Crippen molar-refractivity contribution in [1.82, 2.24) is 25.9 Å². The van der Waals surface area contributed by atoms with Gasteiger partial charge in [-0.15, -0.1) is 0 Å². The first-order valence-electron chi connectivity index (χ1n) is 19.4. The number of hydrogen-bond acceptors (Lipinski definition) is 7. The topological polar surface area (TPSA) is 170 Å². The Morgan fingerprint density at radius 3 is 2.12 bits per heavy atom. The van der Waals surface area contributed by atoms with Crippen molar-refractivity contribution in [2.45, 2.75) is 148 Å². The molecule has 0 aliphatic carbocycles. The highest BCUT2D eigenvalue weighted by Gasteiger charge is 2.37. The molecule has 12 heteroatoms. The van der Waals surface area contributed by atoms with E-state index in [1.807, 2.05) is 44.2 Å². The van der Waals surface area contributed by atoms with Crippen molar-refractivity contribution < 1.29 is 27.9 Å². The molecule has 294 valence electrons. The quantitative estimate of drug-likeness (QED) is 0.0814. The number of aromatic amines is 1. The van der Waals surface area contributed by atoms with E-state index < -0.39 is 56.4 Å². The fourth-order valence-corrected chi connectivity index (χ4v) is 7.47. The SMILES string of the molecule is CCCCCCCC[C@H](NC(=O)[C@H](Cc1cnc[nH]1)NC(=O)[C@H](Cc1ccccc1)CS(=O)(=O)C(C)(C)C)[C@@H](O)CC(C(=O)NCCCC)C(C)C. The number of amides is 3. The molecular formula is C40H67N5O6S. The predicted octanol–water partition coefficient (Wildman–Crippen LogP) is 5.68. The van der Waals surface area contributed by atoms with Gasteiger partial charge < -0.3 is 26.0 Å². The van der Waals surface area contributed by atoms with Crippen LogP contribution in [0.3, 0.4) is 0 Å². The Morgan fingerprint density at radius 2 is 1.52 bits per heavy atom. The number of benzene rings is 1. The molecular weight excluding hydrogens is 679 g/mol. The summed E-state index contributed by atoms with van der Waals surface area (Å²) in [6.07, 6.45) is 11.0. The van der Waals surface area contributed by atoms with Gasteiger partial charge in [0.25, 0.3) is 0 Å². The van der Waals surface area contributed by atoms with Gasteiger partial charge in [0.15, 0.2) is 9.84 Å². The lowest BCUT2D eigenvalue weighted by Gasteiger charge is -2.31. The van der Waals surface area contributed by atoms with E-state index in [0.29, 0.717) is 18.7 Å². The molecule has 5 atom stereocenters. The Labute approximate surface area is 313 Å². The Balaban J connectivity index is 2.37. The van der Waals surface area contributed by atoms with E-state index >= 15 is 0 Å². The number of carbonyl (C=O) groups excluding carboxylic acids is 3. The first-order chi connectivity index (χ1) is 24.6. The van der Waals surface area contributed by atoms with Crippen LogP contribution in [0.5, 0.6) is 0 Å². The Kier molecular flexibility index (Phi) is 19.6. The molecule has 1 aromatic heterocycles. The number of carbonyl (C=O) groups is 3. The number of rotatable bonds is 25. The van der Waals surface area contributed by atoms with Gasteiger partial charge in [0.05, 0.1) is 34.9 Å². The zero-order valence-electron chi connectivity index (χ0n) is 32.7. The number of unbranched alkanes of at least 4 members (excludes halogenated alkanes) is 6. The van der Waals surface area contributed by atoms with E-state index in [0.717, 1.165) is 56.9 Å². The molecule has 2 aromatic rings. The summed E-state index contributed by atoms with van der Waals surface area (Å²) in [4.78, 5) is 48.4. The van der Waals surface area contributed by atoms with Gasteiger partial charge in [-0.1, -0.05) is 103 Å². The van der Waals surface area contributed by atoms with Gasteiger partial charge in [0, 0.05) is 30.8 Å². The molecule has 0 saturated carbocycles. The summed E-state index contributed by atoms with van der Waals surface area (Å²) in [7, 11) is -3.69. The molecule has 11 nitrogen and oxygen atoms in total. The Hall–Kier alpha value is -3.25. The third-order valence-electron chi connectivity index (χ3n) is 9.79. The van der Waals surface area contributed by atoms with E-state index in [4.69, 9.17) is 0 Å². The van der Waals surface area contributed by atoms with Gasteiger partial charge in [0.2, 0.25) is 17.7 Å². The maximum Gasteiger partial charge on any atom is 0.243 e. The number of aromatic nitrogens is 2. The first kappa shape index (κ1) is 44.9. The van der Waals surface area contributed by atoms with Crippen molar-refractivity contribution in [2.75, 3.05) is 12.3 Å². The van der Waals surface area contributed by atoms with Crippen molar-refractivity contribution in [3.8, 4) is 0 Å². The number of hydrogen-bond donors (Lipinski definition) is 5. The second-order valence-corrected chi connectivity index (χ2v) is 18.4. The van der Waals surface area contributed by atoms with Crippen LogP contribution in [0.2, 0.25) is 0 Å². The van der Waals surface area contributed by atoms with Crippen molar-refractivity contribution in [3.63, 3.8) is 0 Å². The lowest BCUT2D eigenvalue weighted by molar-refractivity contribution is -0.132. The van der Waals surface area contributed by atoms with Crippen LogP contribution in [-0.4, -0.2) is 76.4 Å². The Bertz CT molecular complexity index is 1430. The molecule has 0 saturated heterocycles. The molecule has 1 aromatic carbocycles. The molecule has 0 bridgehead atoms. The highest BCUT2D eigenvalue weighted by Crippen LogP contribution is 2.23.